The standard InChI is InChI=1S/C81H127N7O49S7/c1-26(89)82-34(68(110)111)12-138-19-41-33-10-8-9-11-124-75-56(104)49(97)62(42(126-75)20-139-13-35(69(112)113)83-27(2)90)133-77-58(106)51(99)64(44(128-77)22-141-15-37(71(116)117)85-29(4)92)135-79-60(108)53(101)66(46(130-79)24-143-17-39(73(120)121)87-31(6)94)137-81-61(109)54(102)67(47(131-81)25-144-18-40(74(122)123)88-32(7)95)136-80-59(107)52(100)65(45(129-80)23-142-16-38(72(118)119)86-30(5)93)134-78-57(105)50(98)63(132-76(125-41)55(103)48(33)96)43(127-78)21-140-14-36(70(114)115)84-28(3)91/h33-67,75-81,96-109H,8-25H2,1-7H3,(H,82,89)(H,83,90)(H,84,91)(H,85,92)(H,86,93)(H,87,94)(H,88,95)(H,110,111)(H,112,113)(H,114,115)(H,116,117)(H,118,119)(H,120,121)(H,122,123)/t33?,34-,35-,36-,37-,38-,39-,40-,41?,42?,43?,44?,45?,46?,47?,48?,49?,50?,51?,52?,53?,54?,55?,56?,57?,58?,59?,60?,61?,62?,63?,64?,65?,66?,67?,75?,76?,77?,78?,79?,80?,81?/m1/s1. The fourth-order valence-corrected chi connectivity index (χ4v) is 24.0. The first-order valence-electron chi connectivity index (χ1n) is 45.0. The first kappa shape index (κ1) is 123. The largest absolute Gasteiger partial charge is 0.480 e. The Balaban J connectivity index is 1.26. The van der Waals surface area contributed by atoms with Crippen LogP contribution < -0.4 is 37.2 Å². The van der Waals surface area contributed by atoms with Crippen LogP contribution in [-0.4, -0.2) is 529 Å². The summed E-state index contributed by atoms with van der Waals surface area (Å²) >= 11 is 4.99. The molecule has 0 saturated carbocycles. The predicted octanol–water partition coefficient (Wildman–Crippen LogP) is -11.5. The number of aliphatic hydroxyl groups excluding tert-OH is 14. The number of rotatable bonds is 42. The number of ether oxygens (including phenoxy) is 14. The van der Waals surface area contributed by atoms with Crippen LogP contribution in [0, 0.1) is 5.92 Å². The number of aliphatic carboxylic acids is 7. The van der Waals surface area contributed by atoms with Crippen LogP contribution >= 0.6 is 82.3 Å². The molecule has 0 radical (unpaired) electrons. The molecule has 24 aliphatic heterocycles. The fraction of sp³-hybridized carbons (Fsp3) is 0.827. The third-order valence-electron chi connectivity index (χ3n) is 23.4. The first-order chi connectivity index (χ1) is 67.8. The number of carbonyl (C=O) groups excluding carboxylic acids is 7. The lowest BCUT2D eigenvalue weighted by molar-refractivity contribution is -0.390. The fourth-order valence-electron chi connectivity index (χ4n) is 16.2. The van der Waals surface area contributed by atoms with E-state index < -0.39 is 416 Å². The molecule has 0 spiro atoms. The van der Waals surface area contributed by atoms with E-state index in [1.54, 1.807) is 0 Å². The zero-order valence-electron chi connectivity index (χ0n) is 78.2. The summed E-state index contributed by atoms with van der Waals surface area (Å²) in [7, 11) is 0. The van der Waals surface area contributed by atoms with Gasteiger partial charge in [0.25, 0.3) is 0 Å². The van der Waals surface area contributed by atoms with Crippen molar-refractivity contribution in [1.29, 1.82) is 0 Å². The normalized spacial score (nSPS) is 36.5. The summed E-state index contributed by atoms with van der Waals surface area (Å²) < 4.78 is 88.3. The van der Waals surface area contributed by atoms with Gasteiger partial charge in [0.05, 0.1) is 48.8 Å². The van der Waals surface area contributed by atoms with Crippen LogP contribution in [0.3, 0.4) is 0 Å². The van der Waals surface area contributed by atoms with Crippen molar-refractivity contribution in [3.63, 3.8) is 0 Å². The maximum Gasteiger partial charge on any atom is 0.327 e. The summed E-state index contributed by atoms with van der Waals surface area (Å²) in [6.45, 7) is 6.65. The summed E-state index contributed by atoms with van der Waals surface area (Å²) in [6, 6.07) is -11.4. The van der Waals surface area contributed by atoms with E-state index >= 15 is 0 Å². The number of fused-ring (bicyclic) bond motifs is 1. The number of aliphatic hydroxyl groups is 14. The van der Waals surface area contributed by atoms with E-state index in [1.165, 1.54) is 0 Å². The molecule has 0 aliphatic carbocycles. The smallest absolute Gasteiger partial charge is 0.327 e. The van der Waals surface area contributed by atoms with Crippen molar-refractivity contribution in [2.75, 3.05) is 87.1 Å². The number of nitrogens with one attached hydrogen (secondary N) is 7. The zero-order chi connectivity index (χ0) is 107. The number of thioether (sulfide) groups is 7. The van der Waals surface area contributed by atoms with Gasteiger partial charge in [0.1, 0.15) is 158 Å². The number of amides is 7. The molecule has 822 valence electrons. The summed E-state index contributed by atoms with van der Waals surface area (Å²) in [5.41, 5.74) is 0. The van der Waals surface area contributed by atoms with Crippen molar-refractivity contribution in [1.82, 2.24) is 37.2 Å². The lowest BCUT2D eigenvalue weighted by Crippen LogP contribution is -2.68. The maximum absolute atomic E-state index is 12.6. The summed E-state index contributed by atoms with van der Waals surface area (Å²) in [4.78, 5) is 173. The molecular formula is C81H127N7O49S7. The number of carboxylic acid groups (broad SMARTS) is 7. The molecular weight excluding hydrogens is 2080 g/mol. The predicted molar refractivity (Wildman–Crippen MR) is 495 cm³/mol. The van der Waals surface area contributed by atoms with Gasteiger partial charge in [0.15, 0.2) is 44.0 Å². The van der Waals surface area contributed by atoms with Gasteiger partial charge in [0.2, 0.25) is 41.4 Å². The topological polar surface area (TPSA) is 877 Å². The van der Waals surface area contributed by atoms with E-state index in [4.69, 9.17) is 66.3 Å². The van der Waals surface area contributed by atoms with Crippen molar-refractivity contribution in [2.45, 2.75) is 319 Å². The summed E-state index contributed by atoms with van der Waals surface area (Å²) in [5.74, 6) is -24.9. The van der Waals surface area contributed by atoms with Crippen LogP contribution in [0.25, 0.3) is 0 Å². The van der Waals surface area contributed by atoms with Crippen molar-refractivity contribution in [2.24, 2.45) is 5.92 Å². The van der Waals surface area contributed by atoms with Crippen LogP contribution in [0.1, 0.15) is 67.7 Å². The molecule has 0 aromatic rings. The molecule has 24 rings (SSSR count). The highest BCUT2D eigenvalue weighted by Crippen LogP contribution is 2.43. The van der Waals surface area contributed by atoms with Gasteiger partial charge in [-0.2, -0.15) is 82.3 Å². The molecule has 63 heteroatoms. The van der Waals surface area contributed by atoms with Gasteiger partial charge >= 0.3 is 41.8 Å². The molecule has 24 heterocycles. The third kappa shape index (κ3) is 35.5. The minimum Gasteiger partial charge on any atom is -0.480 e. The van der Waals surface area contributed by atoms with Gasteiger partial charge in [0, 0.05) is 142 Å². The minimum absolute atomic E-state index is 0.0263. The molecule has 0 aromatic carbocycles. The molecule has 56 nitrogen and oxygen atoms in total. The van der Waals surface area contributed by atoms with Crippen molar-refractivity contribution < 1.29 is 241 Å². The van der Waals surface area contributed by atoms with Gasteiger partial charge in [-0.1, -0.05) is 6.42 Å². The first-order valence-corrected chi connectivity index (χ1v) is 53.1. The number of hydrogen-bond acceptors (Lipinski definition) is 49. The Morgan fingerprint density at radius 2 is 0.382 bits per heavy atom. The third-order valence-corrected chi connectivity index (χ3v) is 31.3. The minimum atomic E-state index is -2.52. The van der Waals surface area contributed by atoms with Crippen LogP contribution in [0.15, 0.2) is 0 Å². The van der Waals surface area contributed by atoms with Crippen molar-refractivity contribution >= 4 is 165 Å². The molecule has 42 atom stereocenters. The van der Waals surface area contributed by atoms with Crippen LogP contribution in [0.2, 0.25) is 0 Å². The highest BCUT2D eigenvalue weighted by Gasteiger charge is 2.60. The molecule has 144 heavy (non-hydrogen) atoms. The van der Waals surface area contributed by atoms with E-state index in [0.29, 0.717) is 58.8 Å². The highest BCUT2D eigenvalue weighted by molar-refractivity contribution is 8.00. The SMILES string of the molecule is CC(=O)N[C@H](CSCC1OC2OC3C(CSC[C@@H](NC(C)=O)C(=O)O)OC(OC4C(CSC[C@@H](NC(C)=O)C(=O)O)OC(OC5C(CSC[C@@H](NC(C)=O)C(=O)O)OC(OC6C(CSC[C@@H](NC(C)=O)C(=O)O)OC(OC7C(CSC[C@@H](NC(C)=O)C(=O)O)OC(OC8C(CSC[C@@H](NC(C)=O)C(=O)O)OC(OCCCCC1C(O)C2O)C(O)C8O)C(O)C7O)C(O)C6O)C(O)C5O)C(O)C4O)C(O)C3O)C(=O)O. The molecule has 28 N–H and O–H groups in total. The Morgan fingerprint density at radius 3 is 0.562 bits per heavy atom. The van der Waals surface area contributed by atoms with Gasteiger partial charge in [-0.15, -0.1) is 0 Å². The number of hydrogen-bond donors (Lipinski definition) is 28. The van der Waals surface area contributed by atoms with Gasteiger partial charge in [-0.05, 0) is 12.8 Å². The Bertz CT molecular complexity index is 4230. The second kappa shape index (κ2) is 58.5. The van der Waals surface area contributed by atoms with Crippen LogP contribution in [0.4, 0.5) is 0 Å². The highest BCUT2D eigenvalue weighted by atomic mass is 32.2. The molecule has 0 aromatic heterocycles. The Labute approximate surface area is 850 Å². The van der Waals surface area contributed by atoms with E-state index in [1.807, 2.05) is 0 Å². The summed E-state index contributed by atoms with van der Waals surface area (Å²) in [5, 5.41) is 260. The Kier molecular flexibility index (Phi) is 50.0. The monoisotopic (exact) mass is 2210 g/mol. The quantitative estimate of drug-likeness (QED) is 0.0270. The Morgan fingerprint density at radius 1 is 0.222 bits per heavy atom. The lowest BCUT2D eigenvalue weighted by atomic mass is 9.85. The average molecular weight is 2210 g/mol. The molecule has 14 bridgehead atoms. The van der Waals surface area contributed by atoms with Gasteiger partial charge in [-0.3, -0.25) is 33.6 Å². The van der Waals surface area contributed by atoms with Crippen molar-refractivity contribution in [3.8, 4) is 0 Å². The van der Waals surface area contributed by atoms with E-state index in [0.717, 1.165) is 72.0 Å². The van der Waals surface area contributed by atoms with Crippen LogP contribution in [-0.2, 0) is 133 Å². The van der Waals surface area contributed by atoms with E-state index in [-0.39, 0.29) is 30.8 Å². The second-order valence-corrected chi connectivity index (χ2v) is 42.2. The van der Waals surface area contributed by atoms with E-state index in [2.05, 4.69) is 37.2 Å². The number of carboxylic acids is 7. The number of carbonyl (C=O) groups is 14. The Hall–Kier alpha value is -6.09. The lowest BCUT2D eigenvalue weighted by Gasteiger charge is -2.50. The zero-order valence-corrected chi connectivity index (χ0v) is 83.9. The van der Waals surface area contributed by atoms with Crippen LogP contribution in [0.5, 0.6) is 0 Å². The molecule has 24 saturated heterocycles. The van der Waals surface area contributed by atoms with Gasteiger partial charge in [-0.25, -0.2) is 33.6 Å². The van der Waals surface area contributed by atoms with Crippen molar-refractivity contribution in [3.05, 3.63) is 0 Å². The second-order valence-electron chi connectivity index (χ2n) is 34.7. The maximum atomic E-state index is 12.6. The van der Waals surface area contributed by atoms with Gasteiger partial charge < -0.3 is 211 Å². The van der Waals surface area contributed by atoms with E-state index in [9.17, 15) is 174 Å². The average Bonchev–Trinajstić information content (AvgIpc) is 0.766. The summed E-state index contributed by atoms with van der Waals surface area (Å²) in [6.07, 6.45) is -73.4. The molecule has 24 aliphatic rings. The molecule has 35 unspecified atom stereocenters. The molecule has 24 fully saturated rings. The molecule has 7 amide bonds.